The molecule has 0 aromatic heterocycles. The lowest BCUT2D eigenvalue weighted by atomic mass is 10.1. The number of ether oxygens (including phenoxy) is 1. The zero-order chi connectivity index (χ0) is 21.1. The van der Waals surface area contributed by atoms with Gasteiger partial charge in [-0.25, -0.2) is 8.42 Å². The molecule has 0 aliphatic rings. The highest BCUT2D eigenvalue weighted by atomic mass is 32.2. The highest BCUT2D eigenvalue weighted by Crippen LogP contribution is 2.19. The molecule has 0 radical (unpaired) electrons. The zero-order valence-electron chi connectivity index (χ0n) is 17.4. The number of aliphatic imine (C=N–C) groups is 1. The normalized spacial score (nSPS) is 11.9. The Hall–Kier alpha value is -2.54. The van der Waals surface area contributed by atoms with Crippen molar-refractivity contribution in [2.24, 2.45) is 4.99 Å². The maximum absolute atomic E-state index is 12.3. The Morgan fingerprint density at radius 1 is 1.10 bits per heavy atom. The summed E-state index contributed by atoms with van der Waals surface area (Å²) in [5.74, 6) is 1.65. The summed E-state index contributed by atoms with van der Waals surface area (Å²) in [5, 5.41) is 6.50. The Morgan fingerprint density at radius 2 is 1.86 bits per heavy atom. The average Bonchev–Trinajstić information content (AvgIpc) is 2.72. The number of hydrogen-bond acceptors (Lipinski definition) is 4. The fourth-order valence-corrected chi connectivity index (χ4v) is 4.27. The summed E-state index contributed by atoms with van der Waals surface area (Å²) in [4.78, 5) is 4.86. The van der Waals surface area contributed by atoms with Crippen molar-refractivity contribution in [2.75, 3.05) is 32.5 Å². The largest absolute Gasteiger partial charge is 0.496 e. The molecule has 2 rings (SSSR count). The Labute approximate surface area is 174 Å². The molecule has 2 aromatic rings. The van der Waals surface area contributed by atoms with E-state index in [9.17, 15) is 8.42 Å². The molecule has 0 aliphatic heterocycles. The van der Waals surface area contributed by atoms with Gasteiger partial charge in [-0.3, -0.25) is 4.99 Å². The van der Waals surface area contributed by atoms with Gasteiger partial charge in [0.25, 0.3) is 0 Å². The smallest absolute Gasteiger partial charge is 0.191 e. The maximum atomic E-state index is 12.3. The van der Waals surface area contributed by atoms with Gasteiger partial charge in [-0.1, -0.05) is 35.9 Å². The van der Waals surface area contributed by atoms with Crippen LogP contribution < -0.4 is 15.4 Å². The van der Waals surface area contributed by atoms with Crippen LogP contribution >= 0.6 is 0 Å². The third kappa shape index (κ3) is 7.42. The van der Waals surface area contributed by atoms with E-state index in [4.69, 9.17) is 4.74 Å². The molecule has 0 spiro atoms. The molecule has 0 amide bonds. The predicted octanol–water partition coefficient (Wildman–Crippen LogP) is 2.97. The number of nitrogens with zero attached hydrogens (tertiary/aromatic N) is 1. The second-order valence-corrected chi connectivity index (χ2v) is 8.85. The minimum Gasteiger partial charge on any atom is -0.496 e. The van der Waals surface area contributed by atoms with E-state index in [0.29, 0.717) is 30.4 Å². The van der Waals surface area contributed by atoms with Gasteiger partial charge in [-0.2, -0.15) is 0 Å². The summed E-state index contributed by atoms with van der Waals surface area (Å²) in [5.41, 5.74) is 2.34. The molecular formula is C22H31N3O3S. The van der Waals surface area contributed by atoms with Crippen LogP contribution in [0.15, 0.2) is 58.4 Å². The van der Waals surface area contributed by atoms with Crippen molar-refractivity contribution in [3.8, 4) is 5.75 Å². The summed E-state index contributed by atoms with van der Waals surface area (Å²) >= 11 is 0. The average molecular weight is 418 g/mol. The topological polar surface area (TPSA) is 79.8 Å². The Bertz CT molecular complexity index is 897. The predicted molar refractivity (Wildman–Crippen MR) is 119 cm³/mol. The molecule has 0 fully saturated rings. The molecular weight excluding hydrogens is 386 g/mol. The second-order valence-electron chi connectivity index (χ2n) is 6.74. The summed E-state index contributed by atoms with van der Waals surface area (Å²) < 4.78 is 30.1. The van der Waals surface area contributed by atoms with Crippen molar-refractivity contribution < 1.29 is 13.2 Å². The number of nitrogens with one attached hydrogen (secondary N) is 2. The molecule has 0 aliphatic carbocycles. The van der Waals surface area contributed by atoms with Gasteiger partial charge in [0.15, 0.2) is 15.8 Å². The molecule has 0 heterocycles. The van der Waals surface area contributed by atoms with Crippen LogP contribution in [-0.4, -0.2) is 46.9 Å². The van der Waals surface area contributed by atoms with E-state index in [1.807, 2.05) is 25.1 Å². The van der Waals surface area contributed by atoms with Gasteiger partial charge in [-0.05, 0) is 50.5 Å². The molecule has 0 saturated heterocycles. The van der Waals surface area contributed by atoms with E-state index in [-0.39, 0.29) is 5.75 Å². The van der Waals surface area contributed by atoms with E-state index in [0.717, 1.165) is 24.3 Å². The van der Waals surface area contributed by atoms with Gasteiger partial charge in [0.05, 0.1) is 17.8 Å². The molecule has 0 atom stereocenters. The summed E-state index contributed by atoms with van der Waals surface area (Å²) in [7, 11) is -1.58. The number of hydrogen-bond donors (Lipinski definition) is 2. The highest BCUT2D eigenvalue weighted by molar-refractivity contribution is 7.91. The monoisotopic (exact) mass is 417 g/mol. The van der Waals surface area contributed by atoms with Gasteiger partial charge in [0.2, 0.25) is 0 Å². The molecule has 158 valence electrons. The molecule has 7 heteroatoms. The first-order valence-corrected chi connectivity index (χ1v) is 11.5. The van der Waals surface area contributed by atoms with Gasteiger partial charge >= 0.3 is 0 Å². The van der Waals surface area contributed by atoms with Gasteiger partial charge in [0.1, 0.15) is 5.75 Å². The van der Waals surface area contributed by atoms with Crippen LogP contribution in [0, 0.1) is 6.92 Å². The van der Waals surface area contributed by atoms with Gasteiger partial charge in [-0.15, -0.1) is 0 Å². The van der Waals surface area contributed by atoms with Crippen LogP contribution in [0.5, 0.6) is 5.75 Å². The van der Waals surface area contributed by atoms with Crippen LogP contribution in [-0.2, 0) is 16.3 Å². The van der Waals surface area contributed by atoms with E-state index in [1.165, 1.54) is 5.56 Å². The highest BCUT2D eigenvalue weighted by Gasteiger charge is 2.13. The van der Waals surface area contributed by atoms with Gasteiger partial charge < -0.3 is 15.4 Å². The minimum atomic E-state index is -3.26. The number of guanidine groups is 1. The lowest BCUT2D eigenvalue weighted by molar-refractivity contribution is 0.409. The van der Waals surface area contributed by atoms with E-state index >= 15 is 0 Å². The number of rotatable bonds is 10. The van der Waals surface area contributed by atoms with Crippen LogP contribution in [0.1, 0.15) is 24.5 Å². The molecule has 2 N–H and O–H groups in total. The van der Waals surface area contributed by atoms with E-state index in [2.05, 4.69) is 28.6 Å². The first kappa shape index (κ1) is 22.7. The Kier molecular flexibility index (Phi) is 8.99. The zero-order valence-corrected chi connectivity index (χ0v) is 18.3. The SMILES string of the molecule is CCNC(=NCCCS(=O)(=O)c1ccccc1)NCCc1cc(C)ccc1OC. The number of sulfone groups is 1. The third-order valence-electron chi connectivity index (χ3n) is 4.41. The molecule has 2 aromatic carbocycles. The van der Waals surface area contributed by atoms with Crippen LogP contribution in [0.3, 0.4) is 0 Å². The standard InChI is InChI=1S/C22H31N3O3S/c1-4-23-22(25-15-13-19-17-18(2)11-12-21(19)28-3)24-14-8-16-29(26,27)20-9-6-5-7-10-20/h5-7,9-12,17H,4,8,13-16H2,1-3H3,(H2,23,24,25). The molecule has 0 bridgehead atoms. The number of aryl methyl sites for hydroxylation is 1. The molecule has 6 nitrogen and oxygen atoms in total. The van der Waals surface area contributed by atoms with Gasteiger partial charge in [0, 0.05) is 19.6 Å². The molecule has 29 heavy (non-hydrogen) atoms. The van der Waals surface area contributed by atoms with Crippen molar-refractivity contribution in [1.29, 1.82) is 0 Å². The van der Waals surface area contributed by atoms with Crippen LogP contribution in [0.2, 0.25) is 0 Å². The van der Waals surface area contributed by atoms with E-state index < -0.39 is 9.84 Å². The van der Waals surface area contributed by atoms with Crippen molar-refractivity contribution >= 4 is 15.8 Å². The number of methoxy groups -OCH3 is 1. The summed E-state index contributed by atoms with van der Waals surface area (Å²) in [6, 6.07) is 14.7. The Balaban J connectivity index is 1.86. The molecule has 0 unspecified atom stereocenters. The molecule has 0 saturated carbocycles. The fraction of sp³-hybridized carbons (Fsp3) is 0.409. The lowest BCUT2D eigenvalue weighted by Gasteiger charge is -2.13. The first-order chi connectivity index (χ1) is 14.0. The lowest BCUT2D eigenvalue weighted by Crippen LogP contribution is -2.38. The first-order valence-electron chi connectivity index (χ1n) is 9.89. The minimum absolute atomic E-state index is 0.0837. The quantitative estimate of drug-likeness (QED) is 0.353. The van der Waals surface area contributed by atoms with Crippen molar-refractivity contribution in [3.63, 3.8) is 0 Å². The number of benzene rings is 2. The Morgan fingerprint density at radius 3 is 2.55 bits per heavy atom. The maximum Gasteiger partial charge on any atom is 0.191 e. The summed E-state index contributed by atoms with van der Waals surface area (Å²) in [6.07, 6.45) is 1.27. The van der Waals surface area contributed by atoms with E-state index in [1.54, 1.807) is 31.4 Å². The fourth-order valence-electron chi connectivity index (χ4n) is 2.95. The van der Waals surface area contributed by atoms with Crippen molar-refractivity contribution in [3.05, 3.63) is 59.7 Å². The third-order valence-corrected chi connectivity index (χ3v) is 6.23. The van der Waals surface area contributed by atoms with Crippen LogP contribution in [0.4, 0.5) is 0 Å². The van der Waals surface area contributed by atoms with Crippen LogP contribution in [0.25, 0.3) is 0 Å². The van der Waals surface area contributed by atoms with Crippen molar-refractivity contribution in [1.82, 2.24) is 10.6 Å². The second kappa shape index (κ2) is 11.5. The van der Waals surface area contributed by atoms with Crippen molar-refractivity contribution in [2.45, 2.75) is 31.6 Å². The summed E-state index contributed by atoms with van der Waals surface area (Å²) in [6.45, 7) is 5.94.